The van der Waals surface area contributed by atoms with Gasteiger partial charge in [-0.25, -0.2) is 0 Å². The predicted molar refractivity (Wildman–Crippen MR) is 57.6 cm³/mol. The second-order valence-corrected chi connectivity index (χ2v) is 4.58. The van der Waals surface area contributed by atoms with Gasteiger partial charge in [0.1, 0.15) is 0 Å². The highest BCUT2D eigenvalue weighted by molar-refractivity contribution is 5.69. The maximum Gasteiger partial charge on any atom is 0.307 e. The van der Waals surface area contributed by atoms with Gasteiger partial charge >= 0.3 is 5.97 Å². The molecule has 0 saturated heterocycles. The monoisotopic (exact) mass is 215 g/mol. The molecule has 0 bridgehead atoms. The summed E-state index contributed by atoms with van der Waals surface area (Å²) in [5.74, 6) is -0.584. The molecule has 88 valence electrons. The molecule has 4 nitrogen and oxygen atoms in total. The Morgan fingerprint density at radius 1 is 1.53 bits per heavy atom. The molecule has 0 heterocycles. The Kier molecular flexibility index (Phi) is 5.05. The van der Waals surface area contributed by atoms with Crippen LogP contribution in [0.15, 0.2) is 0 Å². The van der Waals surface area contributed by atoms with E-state index in [1.54, 1.807) is 6.92 Å². The minimum absolute atomic E-state index is 0.151. The van der Waals surface area contributed by atoms with Crippen LogP contribution >= 0.6 is 0 Å². The smallest absolute Gasteiger partial charge is 0.307 e. The normalized spacial score (nSPS) is 28.7. The lowest BCUT2D eigenvalue weighted by molar-refractivity contribution is -0.140. The fourth-order valence-corrected chi connectivity index (χ4v) is 2.04. The molecular weight excluding hydrogens is 194 g/mol. The SMILES string of the molecule is CC(CNCC1CCCC(O)C1)C(=O)O. The fourth-order valence-electron chi connectivity index (χ4n) is 2.04. The number of hydrogen-bond donors (Lipinski definition) is 3. The van der Waals surface area contributed by atoms with Gasteiger partial charge < -0.3 is 15.5 Å². The number of carboxylic acids is 1. The number of hydrogen-bond acceptors (Lipinski definition) is 3. The van der Waals surface area contributed by atoms with Gasteiger partial charge in [-0.15, -0.1) is 0 Å². The Morgan fingerprint density at radius 2 is 2.27 bits per heavy atom. The van der Waals surface area contributed by atoms with E-state index in [2.05, 4.69) is 5.32 Å². The molecule has 0 amide bonds. The summed E-state index contributed by atoms with van der Waals surface area (Å²) in [6.07, 6.45) is 3.85. The van der Waals surface area contributed by atoms with Crippen molar-refractivity contribution in [2.75, 3.05) is 13.1 Å². The number of aliphatic hydroxyl groups excluding tert-OH is 1. The third-order valence-electron chi connectivity index (χ3n) is 3.06. The zero-order chi connectivity index (χ0) is 11.3. The van der Waals surface area contributed by atoms with E-state index < -0.39 is 5.97 Å². The average Bonchev–Trinajstić information content (AvgIpc) is 2.17. The van der Waals surface area contributed by atoms with Crippen LogP contribution in [0.5, 0.6) is 0 Å². The van der Waals surface area contributed by atoms with Crippen LogP contribution in [0.4, 0.5) is 0 Å². The summed E-state index contributed by atoms with van der Waals surface area (Å²) < 4.78 is 0. The minimum atomic E-state index is -0.758. The first-order valence-corrected chi connectivity index (χ1v) is 5.71. The van der Waals surface area contributed by atoms with Crippen molar-refractivity contribution < 1.29 is 15.0 Å². The van der Waals surface area contributed by atoms with Crippen molar-refractivity contribution in [2.45, 2.75) is 38.7 Å². The molecule has 0 aliphatic heterocycles. The van der Waals surface area contributed by atoms with E-state index in [9.17, 15) is 9.90 Å². The van der Waals surface area contributed by atoms with Crippen molar-refractivity contribution in [3.05, 3.63) is 0 Å². The van der Waals surface area contributed by atoms with Crippen molar-refractivity contribution >= 4 is 5.97 Å². The molecule has 0 radical (unpaired) electrons. The zero-order valence-electron chi connectivity index (χ0n) is 9.28. The van der Waals surface area contributed by atoms with Gasteiger partial charge in [-0.1, -0.05) is 13.3 Å². The van der Waals surface area contributed by atoms with Gasteiger partial charge in [0.2, 0.25) is 0 Å². The third kappa shape index (κ3) is 4.62. The van der Waals surface area contributed by atoms with Crippen LogP contribution in [-0.2, 0) is 4.79 Å². The maximum absolute atomic E-state index is 10.6. The molecule has 0 aromatic rings. The van der Waals surface area contributed by atoms with Crippen LogP contribution in [0.25, 0.3) is 0 Å². The van der Waals surface area contributed by atoms with Gasteiger partial charge in [-0.05, 0) is 31.7 Å². The summed E-state index contributed by atoms with van der Waals surface area (Å²) >= 11 is 0. The van der Waals surface area contributed by atoms with E-state index >= 15 is 0 Å². The summed E-state index contributed by atoms with van der Waals surface area (Å²) in [5, 5.41) is 21.3. The van der Waals surface area contributed by atoms with Crippen LogP contribution in [0, 0.1) is 11.8 Å². The van der Waals surface area contributed by atoms with Crippen molar-refractivity contribution in [1.29, 1.82) is 0 Å². The predicted octanol–water partition coefficient (Wildman–Crippen LogP) is 0.848. The summed E-state index contributed by atoms with van der Waals surface area (Å²) in [4.78, 5) is 10.6. The largest absolute Gasteiger partial charge is 0.481 e. The second-order valence-electron chi connectivity index (χ2n) is 4.58. The molecule has 3 atom stereocenters. The van der Waals surface area contributed by atoms with Crippen molar-refractivity contribution in [2.24, 2.45) is 11.8 Å². The highest BCUT2D eigenvalue weighted by Gasteiger charge is 2.20. The van der Waals surface area contributed by atoms with Crippen molar-refractivity contribution in [3.63, 3.8) is 0 Å². The summed E-state index contributed by atoms with van der Waals surface area (Å²) in [6.45, 7) is 3.04. The molecule has 1 saturated carbocycles. The van der Waals surface area contributed by atoms with Gasteiger partial charge in [0.05, 0.1) is 12.0 Å². The van der Waals surface area contributed by atoms with Crippen molar-refractivity contribution in [3.8, 4) is 0 Å². The standard InChI is InChI=1S/C11H21NO3/c1-8(11(14)15)6-12-7-9-3-2-4-10(13)5-9/h8-10,12-13H,2-7H2,1H3,(H,14,15). The van der Waals surface area contributed by atoms with E-state index in [1.807, 2.05) is 0 Å². The molecule has 0 aromatic heterocycles. The molecule has 1 aliphatic carbocycles. The van der Waals surface area contributed by atoms with E-state index in [-0.39, 0.29) is 12.0 Å². The van der Waals surface area contributed by atoms with Gasteiger partial charge in [-0.2, -0.15) is 0 Å². The van der Waals surface area contributed by atoms with Gasteiger partial charge in [0, 0.05) is 6.54 Å². The molecule has 4 heteroatoms. The maximum atomic E-state index is 10.6. The number of aliphatic carboxylic acids is 1. The molecule has 15 heavy (non-hydrogen) atoms. The first-order chi connectivity index (χ1) is 7.09. The number of rotatable bonds is 5. The van der Waals surface area contributed by atoms with Crippen LogP contribution in [-0.4, -0.2) is 35.4 Å². The molecule has 0 aromatic carbocycles. The molecule has 1 fully saturated rings. The summed E-state index contributed by atoms with van der Waals surface area (Å²) in [7, 11) is 0. The quantitative estimate of drug-likeness (QED) is 0.636. The fraction of sp³-hybridized carbons (Fsp3) is 0.909. The second kappa shape index (κ2) is 6.08. The Hall–Kier alpha value is -0.610. The Labute approximate surface area is 90.7 Å². The van der Waals surface area contributed by atoms with E-state index in [0.717, 1.165) is 32.2 Å². The van der Waals surface area contributed by atoms with Crippen LogP contribution < -0.4 is 5.32 Å². The number of aliphatic hydroxyl groups is 1. The molecule has 0 spiro atoms. The van der Waals surface area contributed by atoms with Gasteiger partial charge in [-0.3, -0.25) is 4.79 Å². The van der Waals surface area contributed by atoms with Crippen LogP contribution in [0.2, 0.25) is 0 Å². The molecule has 1 rings (SSSR count). The number of carboxylic acid groups (broad SMARTS) is 1. The first kappa shape index (κ1) is 12.5. The van der Waals surface area contributed by atoms with Crippen LogP contribution in [0.1, 0.15) is 32.6 Å². The Bertz CT molecular complexity index is 208. The lowest BCUT2D eigenvalue weighted by atomic mass is 9.87. The average molecular weight is 215 g/mol. The minimum Gasteiger partial charge on any atom is -0.481 e. The molecular formula is C11H21NO3. The van der Waals surface area contributed by atoms with E-state index in [1.165, 1.54) is 0 Å². The van der Waals surface area contributed by atoms with Crippen LogP contribution in [0.3, 0.4) is 0 Å². The third-order valence-corrected chi connectivity index (χ3v) is 3.06. The lowest BCUT2D eigenvalue weighted by Gasteiger charge is -2.26. The zero-order valence-corrected chi connectivity index (χ0v) is 9.28. The van der Waals surface area contributed by atoms with Crippen molar-refractivity contribution in [1.82, 2.24) is 5.32 Å². The van der Waals surface area contributed by atoms with Gasteiger partial charge in [0.15, 0.2) is 0 Å². The molecule has 3 unspecified atom stereocenters. The number of nitrogens with one attached hydrogen (secondary N) is 1. The highest BCUT2D eigenvalue weighted by atomic mass is 16.4. The summed E-state index contributed by atoms with van der Waals surface area (Å²) in [5.41, 5.74) is 0. The Morgan fingerprint density at radius 3 is 2.87 bits per heavy atom. The summed E-state index contributed by atoms with van der Waals surface area (Å²) in [6, 6.07) is 0. The lowest BCUT2D eigenvalue weighted by Crippen LogP contribution is -2.33. The first-order valence-electron chi connectivity index (χ1n) is 5.71. The topological polar surface area (TPSA) is 69.6 Å². The van der Waals surface area contributed by atoms with E-state index in [0.29, 0.717) is 12.5 Å². The number of carbonyl (C=O) groups is 1. The molecule has 1 aliphatic rings. The van der Waals surface area contributed by atoms with Gasteiger partial charge in [0.25, 0.3) is 0 Å². The Balaban J connectivity index is 2.11. The molecule has 3 N–H and O–H groups in total. The highest BCUT2D eigenvalue weighted by Crippen LogP contribution is 2.23. The van der Waals surface area contributed by atoms with E-state index in [4.69, 9.17) is 5.11 Å².